The summed E-state index contributed by atoms with van der Waals surface area (Å²) in [5.74, 6) is 1.98. The number of nitrogens with zero attached hydrogens (tertiary/aromatic N) is 1. The zero-order valence-electron chi connectivity index (χ0n) is 12.2. The molecule has 1 N–H and O–H groups in total. The number of nitrogens with one attached hydrogen (secondary N) is 1. The fraction of sp³-hybridized carbons (Fsp3) is 0.786. The molecule has 2 unspecified atom stereocenters. The van der Waals surface area contributed by atoms with Gasteiger partial charge in [-0.15, -0.1) is 11.3 Å². The van der Waals surface area contributed by atoms with Crippen LogP contribution in [-0.2, 0) is 16.3 Å². The normalized spacial score (nSPS) is 23.2. The van der Waals surface area contributed by atoms with Gasteiger partial charge in [0.2, 0.25) is 0 Å². The van der Waals surface area contributed by atoms with Gasteiger partial charge in [-0.2, -0.15) is 0 Å². The van der Waals surface area contributed by atoms with Gasteiger partial charge in [0.05, 0.1) is 16.5 Å². The number of sulfone groups is 1. The highest BCUT2D eigenvalue weighted by Crippen LogP contribution is 2.28. The SMILES string of the molecule is CC(C)CNCC(Cc1nccs1)C1CCS(=O)(=O)C1. The van der Waals surface area contributed by atoms with Crippen molar-refractivity contribution in [1.82, 2.24) is 10.3 Å². The average molecular weight is 316 g/mol. The van der Waals surface area contributed by atoms with Crippen molar-refractivity contribution in [3.8, 4) is 0 Å². The number of rotatable bonds is 7. The lowest BCUT2D eigenvalue weighted by Gasteiger charge is -2.22. The van der Waals surface area contributed by atoms with Crippen LogP contribution in [0.15, 0.2) is 11.6 Å². The number of hydrogen-bond acceptors (Lipinski definition) is 5. The summed E-state index contributed by atoms with van der Waals surface area (Å²) in [7, 11) is -2.81. The zero-order valence-corrected chi connectivity index (χ0v) is 13.8. The van der Waals surface area contributed by atoms with Gasteiger partial charge in [-0.1, -0.05) is 13.8 Å². The molecule has 6 heteroatoms. The van der Waals surface area contributed by atoms with E-state index in [1.807, 2.05) is 11.6 Å². The summed E-state index contributed by atoms with van der Waals surface area (Å²) in [6, 6.07) is 0. The Morgan fingerprint density at radius 3 is 2.80 bits per heavy atom. The summed E-state index contributed by atoms with van der Waals surface area (Å²) in [6.07, 6.45) is 3.52. The minimum atomic E-state index is -2.81. The van der Waals surface area contributed by atoms with Crippen molar-refractivity contribution in [3.63, 3.8) is 0 Å². The maximum Gasteiger partial charge on any atom is 0.150 e. The highest BCUT2D eigenvalue weighted by atomic mass is 32.2. The molecule has 2 rings (SSSR count). The van der Waals surface area contributed by atoms with Crippen molar-refractivity contribution in [3.05, 3.63) is 16.6 Å². The van der Waals surface area contributed by atoms with E-state index in [1.54, 1.807) is 11.3 Å². The molecule has 0 spiro atoms. The van der Waals surface area contributed by atoms with E-state index >= 15 is 0 Å². The molecule has 0 bridgehead atoms. The van der Waals surface area contributed by atoms with Gasteiger partial charge in [-0.3, -0.25) is 0 Å². The molecule has 0 aromatic carbocycles. The minimum Gasteiger partial charge on any atom is -0.316 e. The van der Waals surface area contributed by atoms with Gasteiger partial charge in [-0.05, 0) is 37.3 Å². The first-order chi connectivity index (χ1) is 9.46. The standard InChI is InChI=1S/C14H24N2O2S2/c1-11(2)8-15-9-13(7-14-16-4-5-19-14)12-3-6-20(17,18)10-12/h4-5,11-13,15H,3,6-10H2,1-2H3. The highest BCUT2D eigenvalue weighted by molar-refractivity contribution is 7.91. The molecule has 114 valence electrons. The van der Waals surface area contributed by atoms with Crippen molar-refractivity contribution in [2.75, 3.05) is 24.6 Å². The molecule has 0 radical (unpaired) electrons. The van der Waals surface area contributed by atoms with Gasteiger partial charge < -0.3 is 5.32 Å². The topological polar surface area (TPSA) is 59.1 Å². The van der Waals surface area contributed by atoms with Crippen molar-refractivity contribution in [2.24, 2.45) is 17.8 Å². The molecule has 4 nitrogen and oxygen atoms in total. The summed E-state index contributed by atoms with van der Waals surface area (Å²) < 4.78 is 23.4. The third-order valence-corrected chi connectivity index (χ3v) is 6.41. The van der Waals surface area contributed by atoms with Gasteiger partial charge in [0.15, 0.2) is 9.84 Å². The number of aromatic nitrogens is 1. The lowest BCUT2D eigenvalue weighted by molar-refractivity contribution is 0.336. The molecule has 2 atom stereocenters. The van der Waals surface area contributed by atoms with Gasteiger partial charge in [0.25, 0.3) is 0 Å². The van der Waals surface area contributed by atoms with Crippen LogP contribution in [0.3, 0.4) is 0 Å². The second-order valence-corrected chi connectivity index (χ2v) is 9.31. The van der Waals surface area contributed by atoms with E-state index in [0.29, 0.717) is 23.3 Å². The van der Waals surface area contributed by atoms with Crippen molar-refractivity contribution < 1.29 is 8.42 Å². The van der Waals surface area contributed by atoms with E-state index in [0.717, 1.165) is 30.9 Å². The first-order valence-electron chi connectivity index (χ1n) is 7.26. The van der Waals surface area contributed by atoms with Crippen LogP contribution in [0.4, 0.5) is 0 Å². The lowest BCUT2D eigenvalue weighted by Crippen LogP contribution is -2.32. The minimum absolute atomic E-state index is 0.281. The Morgan fingerprint density at radius 2 is 2.25 bits per heavy atom. The van der Waals surface area contributed by atoms with Crippen LogP contribution >= 0.6 is 11.3 Å². The van der Waals surface area contributed by atoms with E-state index < -0.39 is 9.84 Å². The summed E-state index contributed by atoms with van der Waals surface area (Å²) in [6.45, 7) is 6.23. The second-order valence-electron chi connectivity index (χ2n) is 6.11. The molecule has 1 fully saturated rings. The molecule has 1 aromatic rings. The van der Waals surface area contributed by atoms with Gasteiger partial charge in [0.1, 0.15) is 0 Å². The summed E-state index contributed by atoms with van der Waals surface area (Å²) >= 11 is 1.66. The second kappa shape index (κ2) is 7.00. The van der Waals surface area contributed by atoms with Gasteiger partial charge in [0, 0.05) is 18.0 Å². The molecule has 2 heterocycles. The van der Waals surface area contributed by atoms with Crippen molar-refractivity contribution in [2.45, 2.75) is 26.7 Å². The third kappa shape index (κ3) is 4.82. The molecule has 1 saturated heterocycles. The molecular formula is C14H24N2O2S2. The highest BCUT2D eigenvalue weighted by Gasteiger charge is 2.33. The number of thiazole rings is 1. The average Bonchev–Trinajstić information content (AvgIpc) is 2.97. The summed E-state index contributed by atoms with van der Waals surface area (Å²) in [5, 5.41) is 6.59. The van der Waals surface area contributed by atoms with E-state index in [2.05, 4.69) is 24.1 Å². The Morgan fingerprint density at radius 1 is 1.45 bits per heavy atom. The van der Waals surface area contributed by atoms with Crippen LogP contribution in [0.25, 0.3) is 0 Å². The van der Waals surface area contributed by atoms with E-state index in [1.165, 1.54) is 0 Å². The van der Waals surface area contributed by atoms with Crippen LogP contribution in [-0.4, -0.2) is 38.0 Å². The van der Waals surface area contributed by atoms with E-state index in [9.17, 15) is 8.42 Å². The maximum atomic E-state index is 11.7. The third-order valence-electron chi connectivity index (χ3n) is 3.81. The quantitative estimate of drug-likeness (QED) is 0.836. The fourth-order valence-electron chi connectivity index (χ4n) is 2.74. The van der Waals surface area contributed by atoms with Crippen LogP contribution in [0.5, 0.6) is 0 Å². The Hall–Kier alpha value is -0.460. The Kier molecular flexibility index (Phi) is 5.57. The van der Waals surface area contributed by atoms with Crippen LogP contribution in [0.1, 0.15) is 25.3 Å². The summed E-state index contributed by atoms with van der Waals surface area (Å²) in [5.41, 5.74) is 0. The Balaban J connectivity index is 1.96. The van der Waals surface area contributed by atoms with Crippen LogP contribution < -0.4 is 5.32 Å². The first kappa shape index (κ1) is 15.9. The van der Waals surface area contributed by atoms with Gasteiger partial charge >= 0.3 is 0 Å². The Labute approximate surface area is 125 Å². The predicted octanol–water partition coefficient (Wildman–Crippen LogP) is 1.98. The smallest absolute Gasteiger partial charge is 0.150 e. The van der Waals surface area contributed by atoms with E-state index in [-0.39, 0.29) is 5.92 Å². The molecule has 0 amide bonds. The Bertz CT molecular complexity index is 497. The molecular weight excluding hydrogens is 292 g/mol. The zero-order chi connectivity index (χ0) is 14.6. The fourth-order valence-corrected chi connectivity index (χ4v) is 5.37. The largest absolute Gasteiger partial charge is 0.316 e. The van der Waals surface area contributed by atoms with Crippen LogP contribution in [0.2, 0.25) is 0 Å². The molecule has 1 aliphatic rings. The maximum absolute atomic E-state index is 11.7. The molecule has 0 saturated carbocycles. The lowest BCUT2D eigenvalue weighted by atomic mass is 9.89. The molecule has 1 aromatic heterocycles. The van der Waals surface area contributed by atoms with E-state index in [4.69, 9.17) is 0 Å². The molecule has 0 aliphatic carbocycles. The van der Waals surface area contributed by atoms with Crippen molar-refractivity contribution >= 4 is 21.2 Å². The van der Waals surface area contributed by atoms with Crippen molar-refractivity contribution in [1.29, 1.82) is 0 Å². The summed E-state index contributed by atoms with van der Waals surface area (Å²) in [4.78, 5) is 4.35. The molecule has 1 aliphatic heterocycles. The molecule has 20 heavy (non-hydrogen) atoms. The monoisotopic (exact) mass is 316 g/mol. The van der Waals surface area contributed by atoms with Crippen LogP contribution in [0, 0.1) is 17.8 Å². The number of hydrogen-bond donors (Lipinski definition) is 1. The predicted molar refractivity (Wildman–Crippen MR) is 83.8 cm³/mol. The van der Waals surface area contributed by atoms with Gasteiger partial charge in [-0.25, -0.2) is 13.4 Å². The first-order valence-corrected chi connectivity index (χ1v) is 9.96.